The Kier molecular flexibility index (Phi) is 31.1. The van der Waals surface area contributed by atoms with E-state index in [9.17, 15) is 79.8 Å². The molecule has 5 amide bonds. The molecule has 0 aromatic carbocycles. The van der Waals surface area contributed by atoms with Crippen LogP contribution in [0.4, 0.5) is 0 Å². The van der Waals surface area contributed by atoms with Gasteiger partial charge in [0.25, 0.3) is 0 Å². The van der Waals surface area contributed by atoms with Crippen molar-refractivity contribution in [2.75, 3.05) is 59.6 Å². The fraction of sp³-hybridized carbons (Fsp3) is 0.825. The molecule has 10 atom stereocenters. The molecule has 2 unspecified atom stereocenters. The van der Waals surface area contributed by atoms with E-state index in [1.807, 2.05) is 0 Å². The third kappa shape index (κ3) is 22.0. The third-order valence-electron chi connectivity index (χ3n) is 10.8. The number of likely N-dealkylation sites (N-methyl/N-ethyl adjacent to an activating group) is 1. The predicted molar refractivity (Wildman–Crippen MR) is 223 cm³/mol. The Morgan fingerprint density at radius 3 is 1.60 bits per heavy atom. The Labute approximate surface area is 403 Å². The number of aliphatic hydroxyl groups is 7. The quantitative estimate of drug-likeness (QED) is 0.00990. The van der Waals surface area contributed by atoms with Crippen molar-refractivity contribution in [1.82, 2.24) is 31.1 Å². The fourth-order valence-corrected chi connectivity index (χ4v) is 6.70. The summed E-state index contributed by atoms with van der Waals surface area (Å²) >= 11 is 0. The zero-order valence-electron chi connectivity index (χ0n) is 38.0. The van der Waals surface area contributed by atoms with Crippen LogP contribution in [0.25, 0.3) is 0 Å². The molecule has 28 heteroatoms. The van der Waals surface area contributed by atoms with Crippen molar-refractivity contribution < 1.29 is 121 Å². The number of aliphatic hydroxyl groups excluding tert-OH is 7. The SMILES string of the molecule is CNC(CO)[C@H]1OC(O)[C@H](O[C@H]2O[C@H](COC(=O)CCC(=O)N(O)CCCCCNC(=O)CCC(=O)N(O)CCCCCNC(=O)CCC(=O)N(O)CCCCO)[C@@H](O)[C@H](O)C2=O)[C@@H](O)[C@@H]1O.[Fe+3]. The monoisotopic (exact) mass is 1030 g/mol. The van der Waals surface area contributed by atoms with Crippen LogP contribution in [0.15, 0.2) is 0 Å². The largest absolute Gasteiger partial charge is 3.00 e. The first kappa shape index (κ1) is 62.5. The number of nitrogens with zero attached hydrogens (tertiary/aromatic N) is 3. The maximum atomic E-state index is 12.6. The maximum absolute atomic E-state index is 12.6. The molecule has 2 heterocycles. The van der Waals surface area contributed by atoms with Gasteiger partial charge in [-0.1, -0.05) is 0 Å². The number of ketones is 1. The Morgan fingerprint density at radius 1 is 0.647 bits per heavy atom. The Morgan fingerprint density at radius 2 is 1.13 bits per heavy atom. The summed E-state index contributed by atoms with van der Waals surface area (Å²) in [6.45, 7) is -0.785. The molecule has 2 aliphatic heterocycles. The predicted octanol–water partition coefficient (Wildman–Crippen LogP) is -4.71. The topological polar surface area (TPSA) is 405 Å². The van der Waals surface area contributed by atoms with Crippen LogP contribution in [0.5, 0.6) is 0 Å². The van der Waals surface area contributed by atoms with Gasteiger partial charge < -0.3 is 70.6 Å². The molecule has 2 fully saturated rings. The minimum absolute atomic E-state index is 0. The fourth-order valence-electron chi connectivity index (χ4n) is 6.70. The van der Waals surface area contributed by atoms with E-state index in [0.717, 1.165) is 0 Å². The normalized spacial score (nSPS) is 24.0. The molecule has 0 bridgehead atoms. The van der Waals surface area contributed by atoms with Crippen molar-refractivity contribution in [2.24, 2.45) is 0 Å². The molecule has 391 valence electrons. The van der Waals surface area contributed by atoms with E-state index >= 15 is 0 Å². The zero-order chi connectivity index (χ0) is 50.1. The summed E-state index contributed by atoms with van der Waals surface area (Å²) in [5.41, 5.74) is 0. The van der Waals surface area contributed by atoms with Gasteiger partial charge in [-0.05, 0) is 58.4 Å². The first-order valence-electron chi connectivity index (χ1n) is 22.3. The molecule has 0 spiro atoms. The van der Waals surface area contributed by atoms with Gasteiger partial charge in [-0.3, -0.25) is 49.2 Å². The van der Waals surface area contributed by atoms with Gasteiger partial charge in [0.2, 0.25) is 41.6 Å². The summed E-state index contributed by atoms with van der Waals surface area (Å²) in [5.74, 6) is -5.03. The molecule has 0 aliphatic carbocycles. The molecule has 0 aromatic heterocycles. The molecule has 2 aliphatic rings. The number of Topliss-reactive ketones (excluding diaryl/α,β-unsaturated/α-hetero) is 1. The number of ether oxygens (including phenoxy) is 4. The number of rotatable bonds is 32. The number of carbonyl (C=O) groups excluding carboxylic acids is 7. The van der Waals surface area contributed by atoms with Gasteiger partial charge in [0.1, 0.15) is 49.3 Å². The van der Waals surface area contributed by atoms with E-state index in [0.29, 0.717) is 73.1 Å². The number of hydroxylamine groups is 6. The van der Waals surface area contributed by atoms with Crippen molar-refractivity contribution in [3.8, 4) is 0 Å². The van der Waals surface area contributed by atoms with Crippen LogP contribution in [0, 0.1) is 0 Å². The summed E-state index contributed by atoms with van der Waals surface area (Å²) in [6.07, 6.45) is -14.2. The first-order valence-corrected chi connectivity index (χ1v) is 22.3. The Hall–Kier alpha value is -3.55. The van der Waals surface area contributed by atoms with Crippen LogP contribution in [0.3, 0.4) is 0 Å². The van der Waals surface area contributed by atoms with Crippen LogP contribution in [0.1, 0.15) is 89.9 Å². The maximum Gasteiger partial charge on any atom is 3.00 e. The number of amides is 5. The average Bonchev–Trinajstić information content (AvgIpc) is 3.31. The van der Waals surface area contributed by atoms with Gasteiger partial charge in [0.15, 0.2) is 6.29 Å². The second kappa shape index (κ2) is 33.9. The van der Waals surface area contributed by atoms with Gasteiger partial charge >= 0.3 is 23.0 Å². The number of nitrogens with one attached hydrogen (secondary N) is 3. The summed E-state index contributed by atoms with van der Waals surface area (Å²) in [5, 5.41) is 110. The van der Waals surface area contributed by atoms with E-state index in [1.165, 1.54) is 7.05 Å². The Balaban J connectivity index is 0.0000231. The van der Waals surface area contributed by atoms with Crippen molar-refractivity contribution in [2.45, 2.75) is 151 Å². The number of esters is 1. The van der Waals surface area contributed by atoms with Crippen molar-refractivity contribution in [3.05, 3.63) is 0 Å². The van der Waals surface area contributed by atoms with E-state index in [2.05, 4.69) is 16.0 Å². The van der Waals surface area contributed by atoms with Crippen LogP contribution in [0.2, 0.25) is 0 Å². The third-order valence-corrected chi connectivity index (χ3v) is 10.8. The van der Waals surface area contributed by atoms with Crippen LogP contribution in [-0.2, 0) is 69.6 Å². The summed E-state index contributed by atoms with van der Waals surface area (Å²) in [7, 11) is 1.44. The summed E-state index contributed by atoms with van der Waals surface area (Å²) in [6, 6.07) is -0.901. The van der Waals surface area contributed by atoms with E-state index < -0.39 is 123 Å². The van der Waals surface area contributed by atoms with E-state index in [4.69, 9.17) is 24.1 Å². The molecule has 68 heavy (non-hydrogen) atoms. The number of hydrogen-bond donors (Lipinski definition) is 13. The molecule has 13 N–H and O–H groups in total. The second-order valence-electron chi connectivity index (χ2n) is 16.0. The molecule has 2 saturated heterocycles. The average molecular weight is 1030 g/mol. The second-order valence-corrected chi connectivity index (χ2v) is 16.0. The molecule has 1 radical (unpaired) electrons. The molecular weight excluding hydrogens is 956 g/mol. The van der Waals surface area contributed by atoms with Gasteiger partial charge in [0, 0.05) is 71.4 Å². The number of hydrogen-bond acceptors (Lipinski definition) is 22. The molecule has 2 rings (SSSR count). The number of unbranched alkanes of at least 4 members (excludes halogenated alkanes) is 5. The van der Waals surface area contributed by atoms with Crippen LogP contribution >= 0.6 is 0 Å². The van der Waals surface area contributed by atoms with E-state index in [-0.39, 0.29) is 81.4 Å². The standard InChI is InChI=1S/C40H70N6O21.Fe/c1-41-24(22-48)37-34(57)35(58)38(39(60)66-37)67-40-36(59)33(56)32(55)25(65-40)23-64-31(54)15-14-30(53)45(62)19-7-3-5-17-42-26(49)10-12-28(51)44(61)18-6-2-4-16-43-27(50)11-13-29(52)46(63)20-8-9-21-47;/h24-25,32-35,37-41,47-48,55-58,60-63H,2-23H2,1H3,(H,42,49)(H,43,50);/q;+3/t24?,25-,32-,33+,34+,35+,37-,38-,39?,40-;/m1./s1. The minimum atomic E-state index is -2.11. The van der Waals surface area contributed by atoms with Gasteiger partial charge in [-0.25, -0.2) is 15.2 Å². The van der Waals surface area contributed by atoms with Gasteiger partial charge in [-0.15, -0.1) is 0 Å². The number of carbonyl (C=O) groups is 7. The van der Waals surface area contributed by atoms with Gasteiger partial charge in [0.05, 0.1) is 19.1 Å². The van der Waals surface area contributed by atoms with Crippen molar-refractivity contribution >= 4 is 41.3 Å². The van der Waals surface area contributed by atoms with Gasteiger partial charge in [-0.2, -0.15) is 0 Å². The van der Waals surface area contributed by atoms with Crippen LogP contribution in [-0.4, -0.2) is 229 Å². The van der Waals surface area contributed by atoms with E-state index in [1.54, 1.807) is 0 Å². The molecular formula is C40H70FeN6O21+3. The Bertz CT molecular complexity index is 1550. The summed E-state index contributed by atoms with van der Waals surface area (Å²) in [4.78, 5) is 85.5. The van der Waals surface area contributed by atoms with Crippen molar-refractivity contribution in [1.29, 1.82) is 0 Å². The van der Waals surface area contributed by atoms with Crippen LogP contribution < -0.4 is 16.0 Å². The van der Waals surface area contributed by atoms with Crippen molar-refractivity contribution in [3.63, 3.8) is 0 Å². The molecule has 27 nitrogen and oxygen atoms in total. The summed E-state index contributed by atoms with van der Waals surface area (Å²) < 4.78 is 21.0. The smallest absolute Gasteiger partial charge is 0.463 e. The molecule has 0 aromatic rings. The first-order chi connectivity index (χ1) is 31.9. The minimum Gasteiger partial charge on any atom is -0.463 e. The zero-order valence-corrected chi connectivity index (χ0v) is 39.1. The molecule has 0 saturated carbocycles.